The van der Waals surface area contributed by atoms with Gasteiger partial charge in [-0.25, -0.2) is 8.42 Å². The third-order valence-electron chi connectivity index (χ3n) is 2.80. The molecule has 0 radical (unpaired) electrons. The van der Waals surface area contributed by atoms with Crippen molar-refractivity contribution in [3.8, 4) is 0 Å². The zero-order valence-electron chi connectivity index (χ0n) is 9.93. The summed E-state index contributed by atoms with van der Waals surface area (Å²) in [6.07, 6.45) is 1.17. The van der Waals surface area contributed by atoms with Crippen LogP contribution in [0.15, 0.2) is 29.2 Å². The summed E-state index contributed by atoms with van der Waals surface area (Å²) in [5, 5.41) is 10.6. The molecule has 0 saturated heterocycles. The van der Waals surface area contributed by atoms with Crippen LogP contribution in [0.4, 0.5) is 0 Å². The van der Waals surface area contributed by atoms with Crippen LogP contribution in [-0.4, -0.2) is 32.0 Å². The van der Waals surface area contributed by atoms with Crippen molar-refractivity contribution in [2.45, 2.75) is 24.3 Å². The highest BCUT2D eigenvalue weighted by Gasteiger charge is 2.24. The Hall–Kier alpha value is -0.910. The first-order valence-corrected chi connectivity index (χ1v) is 6.78. The van der Waals surface area contributed by atoms with Crippen LogP contribution in [0.25, 0.3) is 0 Å². The number of nitrogens with zero attached hydrogens (tertiary/aromatic N) is 1. The predicted molar refractivity (Wildman–Crippen MR) is 62.1 cm³/mol. The van der Waals surface area contributed by atoms with Gasteiger partial charge < -0.3 is 5.21 Å². The predicted octanol–water partition coefficient (Wildman–Crippen LogP) is 1.65. The lowest BCUT2D eigenvalue weighted by molar-refractivity contribution is -0.143. The van der Waals surface area contributed by atoms with Crippen molar-refractivity contribution in [2.24, 2.45) is 0 Å². The van der Waals surface area contributed by atoms with E-state index in [1.807, 2.05) is 13.8 Å². The van der Waals surface area contributed by atoms with Gasteiger partial charge in [0.2, 0.25) is 0 Å². The van der Waals surface area contributed by atoms with Crippen molar-refractivity contribution in [3.05, 3.63) is 29.8 Å². The zero-order valence-corrected chi connectivity index (χ0v) is 10.7. The van der Waals surface area contributed by atoms with E-state index in [1.165, 1.54) is 6.26 Å². The van der Waals surface area contributed by atoms with Crippen molar-refractivity contribution in [2.75, 3.05) is 13.3 Å². The maximum absolute atomic E-state index is 11.3. The standard InChI is InChI=1S/C11H17NO3S/c1-11(2,12(3)13)9-5-7-10(8-6-9)16(4,14)15/h5-8,13H,1-4H3. The molecule has 90 valence electrons. The molecular weight excluding hydrogens is 226 g/mol. The Labute approximate surface area is 96.4 Å². The second-order valence-corrected chi connectivity index (χ2v) is 6.39. The van der Waals surface area contributed by atoms with Crippen LogP contribution < -0.4 is 0 Å². The Bertz CT molecular complexity index is 461. The molecule has 0 amide bonds. The smallest absolute Gasteiger partial charge is 0.175 e. The van der Waals surface area contributed by atoms with E-state index in [0.29, 0.717) is 0 Å². The van der Waals surface area contributed by atoms with E-state index in [4.69, 9.17) is 0 Å². The summed E-state index contributed by atoms with van der Waals surface area (Å²) in [6, 6.07) is 6.53. The van der Waals surface area contributed by atoms with Crippen molar-refractivity contribution >= 4 is 9.84 Å². The molecular formula is C11H17NO3S. The van der Waals surface area contributed by atoms with Crippen molar-refractivity contribution in [3.63, 3.8) is 0 Å². The average molecular weight is 243 g/mol. The summed E-state index contributed by atoms with van der Waals surface area (Å²) in [4.78, 5) is 0.285. The summed E-state index contributed by atoms with van der Waals surface area (Å²) in [6.45, 7) is 3.70. The highest BCUT2D eigenvalue weighted by Crippen LogP contribution is 2.25. The maximum atomic E-state index is 11.3. The van der Waals surface area contributed by atoms with E-state index in [-0.39, 0.29) is 4.90 Å². The Morgan fingerprint density at radius 2 is 1.62 bits per heavy atom. The largest absolute Gasteiger partial charge is 0.313 e. The highest BCUT2D eigenvalue weighted by atomic mass is 32.2. The molecule has 1 rings (SSSR count). The fraction of sp³-hybridized carbons (Fsp3) is 0.455. The summed E-state index contributed by atoms with van der Waals surface area (Å²) < 4.78 is 22.5. The van der Waals surface area contributed by atoms with Gasteiger partial charge in [0, 0.05) is 13.3 Å². The fourth-order valence-corrected chi connectivity index (χ4v) is 1.93. The molecule has 0 saturated carbocycles. The average Bonchev–Trinajstić information content (AvgIpc) is 2.16. The van der Waals surface area contributed by atoms with Crippen LogP contribution >= 0.6 is 0 Å². The molecule has 0 fully saturated rings. The van der Waals surface area contributed by atoms with Crippen LogP contribution in [0.3, 0.4) is 0 Å². The summed E-state index contributed by atoms with van der Waals surface area (Å²) in [7, 11) is -1.60. The monoisotopic (exact) mass is 243 g/mol. The molecule has 0 aliphatic heterocycles. The molecule has 1 aromatic carbocycles. The maximum Gasteiger partial charge on any atom is 0.175 e. The molecule has 5 heteroatoms. The SMILES string of the molecule is CN(O)C(C)(C)c1ccc(S(C)(=O)=O)cc1. The molecule has 4 nitrogen and oxygen atoms in total. The second kappa shape index (κ2) is 4.16. The van der Waals surface area contributed by atoms with Gasteiger partial charge in [-0.1, -0.05) is 12.1 Å². The number of hydrogen-bond donors (Lipinski definition) is 1. The Morgan fingerprint density at radius 3 is 1.94 bits per heavy atom. The number of benzene rings is 1. The summed E-state index contributed by atoms with van der Waals surface area (Å²) in [5.74, 6) is 0. The molecule has 0 bridgehead atoms. The molecule has 0 spiro atoms. The summed E-state index contributed by atoms with van der Waals surface area (Å²) >= 11 is 0. The number of sulfone groups is 1. The minimum Gasteiger partial charge on any atom is -0.313 e. The van der Waals surface area contributed by atoms with E-state index in [9.17, 15) is 13.6 Å². The van der Waals surface area contributed by atoms with Crippen molar-refractivity contribution < 1.29 is 13.6 Å². The highest BCUT2D eigenvalue weighted by molar-refractivity contribution is 7.90. The Morgan fingerprint density at radius 1 is 1.19 bits per heavy atom. The quantitative estimate of drug-likeness (QED) is 0.820. The molecule has 0 aromatic heterocycles. The number of rotatable bonds is 3. The van der Waals surface area contributed by atoms with Gasteiger partial charge in [0.15, 0.2) is 9.84 Å². The normalized spacial score (nSPS) is 13.1. The fourth-order valence-electron chi connectivity index (χ4n) is 1.30. The third-order valence-corrected chi connectivity index (χ3v) is 3.93. The van der Waals surface area contributed by atoms with Gasteiger partial charge in [0.05, 0.1) is 10.4 Å². The molecule has 0 atom stereocenters. The lowest BCUT2D eigenvalue weighted by atomic mass is 9.94. The lowest BCUT2D eigenvalue weighted by Gasteiger charge is -2.31. The van der Waals surface area contributed by atoms with Crippen LogP contribution in [-0.2, 0) is 15.4 Å². The van der Waals surface area contributed by atoms with E-state index < -0.39 is 15.4 Å². The van der Waals surface area contributed by atoms with Crippen LogP contribution in [0, 0.1) is 0 Å². The van der Waals surface area contributed by atoms with E-state index in [2.05, 4.69) is 0 Å². The van der Waals surface area contributed by atoms with E-state index in [0.717, 1.165) is 10.6 Å². The second-order valence-electron chi connectivity index (χ2n) is 4.38. The first kappa shape index (κ1) is 13.2. The molecule has 16 heavy (non-hydrogen) atoms. The topological polar surface area (TPSA) is 57.6 Å². The first-order chi connectivity index (χ1) is 7.15. The number of hydrogen-bond acceptors (Lipinski definition) is 4. The van der Waals surface area contributed by atoms with Crippen molar-refractivity contribution in [1.29, 1.82) is 0 Å². The van der Waals surface area contributed by atoms with Gasteiger partial charge in [-0.3, -0.25) is 0 Å². The first-order valence-electron chi connectivity index (χ1n) is 4.89. The minimum absolute atomic E-state index is 0.285. The van der Waals surface area contributed by atoms with Crippen molar-refractivity contribution in [1.82, 2.24) is 5.06 Å². The molecule has 1 N–H and O–H groups in total. The van der Waals surface area contributed by atoms with Gasteiger partial charge in [0.25, 0.3) is 0 Å². The lowest BCUT2D eigenvalue weighted by Crippen LogP contribution is -2.35. The van der Waals surface area contributed by atoms with Gasteiger partial charge in [-0.15, -0.1) is 0 Å². The van der Waals surface area contributed by atoms with E-state index >= 15 is 0 Å². The molecule has 0 unspecified atom stereocenters. The zero-order chi connectivity index (χ0) is 12.6. The van der Waals surface area contributed by atoms with Gasteiger partial charge in [-0.2, -0.15) is 5.06 Å². The van der Waals surface area contributed by atoms with Gasteiger partial charge in [-0.05, 0) is 31.5 Å². The number of hydroxylamine groups is 2. The Balaban J connectivity index is 3.14. The van der Waals surface area contributed by atoms with Crippen LogP contribution in [0.2, 0.25) is 0 Å². The molecule has 0 aliphatic carbocycles. The molecule has 0 heterocycles. The van der Waals surface area contributed by atoms with Crippen LogP contribution in [0.1, 0.15) is 19.4 Å². The van der Waals surface area contributed by atoms with Crippen LogP contribution in [0.5, 0.6) is 0 Å². The minimum atomic E-state index is -3.16. The van der Waals surface area contributed by atoms with Gasteiger partial charge in [0.1, 0.15) is 0 Å². The van der Waals surface area contributed by atoms with E-state index in [1.54, 1.807) is 31.3 Å². The third kappa shape index (κ3) is 2.61. The summed E-state index contributed by atoms with van der Waals surface area (Å²) in [5.41, 5.74) is 0.306. The Kier molecular flexibility index (Phi) is 3.42. The van der Waals surface area contributed by atoms with Gasteiger partial charge >= 0.3 is 0 Å². The molecule has 1 aromatic rings. The molecule has 0 aliphatic rings.